The summed E-state index contributed by atoms with van der Waals surface area (Å²) in [5.41, 5.74) is -0.399. The molecule has 1 aromatic carbocycles. The van der Waals surface area contributed by atoms with Crippen LogP contribution in [0.25, 0.3) is 0 Å². The average molecular weight is 295 g/mol. The van der Waals surface area contributed by atoms with E-state index in [4.69, 9.17) is 5.26 Å². The molecule has 1 amide bonds. The maximum Gasteiger partial charge on any atom is 0.242 e. The lowest BCUT2D eigenvalue weighted by Gasteiger charge is -2.20. The second-order valence-corrected chi connectivity index (χ2v) is 6.97. The van der Waals surface area contributed by atoms with Crippen molar-refractivity contribution in [3.05, 3.63) is 29.8 Å². The summed E-state index contributed by atoms with van der Waals surface area (Å²) in [6, 6.07) is 7.63. The first kappa shape index (κ1) is 16.1. The summed E-state index contributed by atoms with van der Waals surface area (Å²) in [4.78, 5) is 11.5. The van der Waals surface area contributed by atoms with Gasteiger partial charge in [0.2, 0.25) is 15.9 Å². The maximum atomic E-state index is 12.0. The Bertz CT molecular complexity index is 640. The summed E-state index contributed by atoms with van der Waals surface area (Å²) in [5, 5.41) is 11.5. The van der Waals surface area contributed by atoms with Crippen molar-refractivity contribution in [3.8, 4) is 6.07 Å². The van der Waals surface area contributed by atoms with Crippen molar-refractivity contribution in [2.45, 2.75) is 31.2 Å². The number of carbonyl (C=O) groups excluding carboxylic acids is 1. The number of benzene rings is 1. The summed E-state index contributed by atoms with van der Waals surface area (Å²) >= 11 is 0. The quantitative estimate of drug-likeness (QED) is 0.856. The molecule has 7 heteroatoms. The standard InChI is InChI=1S/C13H17N3O3S/c1-13(2,3)16-12(17)9-15-20(18,19)11-7-5-4-6-10(11)8-14/h4-7,15H,9H2,1-3H3,(H,16,17). The van der Waals surface area contributed by atoms with Crippen LogP contribution in [0.5, 0.6) is 0 Å². The third kappa shape index (κ3) is 4.64. The van der Waals surface area contributed by atoms with E-state index in [-0.39, 0.29) is 17.0 Å². The molecule has 0 aliphatic rings. The van der Waals surface area contributed by atoms with Gasteiger partial charge in [-0.2, -0.15) is 5.26 Å². The molecule has 0 unspecified atom stereocenters. The van der Waals surface area contributed by atoms with Crippen molar-refractivity contribution in [1.29, 1.82) is 5.26 Å². The predicted molar refractivity (Wildman–Crippen MR) is 74.2 cm³/mol. The van der Waals surface area contributed by atoms with Gasteiger partial charge >= 0.3 is 0 Å². The number of nitrogens with zero attached hydrogens (tertiary/aromatic N) is 1. The molecular weight excluding hydrogens is 278 g/mol. The van der Waals surface area contributed by atoms with Crippen LogP contribution in [0.3, 0.4) is 0 Å². The SMILES string of the molecule is CC(C)(C)NC(=O)CNS(=O)(=O)c1ccccc1C#N. The van der Waals surface area contributed by atoms with Crippen molar-refractivity contribution < 1.29 is 13.2 Å². The number of hydrogen-bond donors (Lipinski definition) is 2. The molecule has 0 atom stereocenters. The lowest BCUT2D eigenvalue weighted by atomic mass is 10.1. The van der Waals surface area contributed by atoms with Crippen LogP contribution in [0.2, 0.25) is 0 Å². The lowest BCUT2D eigenvalue weighted by molar-refractivity contribution is -0.121. The fraction of sp³-hybridized carbons (Fsp3) is 0.385. The second-order valence-electron chi connectivity index (χ2n) is 5.23. The summed E-state index contributed by atoms with van der Waals surface area (Å²) in [7, 11) is -3.89. The molecule has 6 nitrogen and oxygen atoms in total. The van der Waals surface area contributed by atoms with Crippen LogP contribution < -0.4 is 10.0 Å². The van der Waals surface area contributed by atoms with Crippen molar-refractivity contribution >= 4 is 15.9 Å². The molecule has 0 saturated carbocycles. The minimum atomic E-state index is -3.89. The van der Waals surface area contributed by atoms with Crippen LogP contribution in [0.15, 0.2) is 29.2 Å². The molecule has 0 spiro atoms. The second kappa shape index (κ2) is 6.03. The van der Waals surface area contributed by atoms with E-state index in [0.717, 1.165) is 0 Å². The minimum Gasteiger partial charge on any atom is -0.350 e. The van der Waals surface area contributed by atoms with Crippen LogP contribution in [-0.4, -0.2) is 26.4 Å². The van der Waals surface area contributed by atoms with Crippen LogP contribution in [0.1, 0.15) is 26.3 Å². The first-order chi connectivity index (χ1) is 9.15. The highest BCUT2D eigenvalue weighted by atomic mass is 32.2. The van der Waals surface area contributed by atoms with Crippen LogP contribution in [0, 0.1) is 11.3 Å². The van der Waals surface area contributed by atoms with Gasteiger partial charge in [0.15, 0.2) is 0 Å². The summed E-state index contributed by atoms with van der Waals surface area (Å²) in [6.07, 6.45) is 0. The van der Waals surface area contributed by atoms with E-state index in [1.807, 2.05) is 6.07 Å². The van der Waals surface area contributed by atoms with E-state index in [2.05, 4.69) is 10.0 Å². The Morgan fingerprint density at radius 2 is 1.90 bits per heavy atom. The molecule has 0 aliphatic carbocycles. The summed E-state index contributed by atoms with van der Waals surface area (Å²) < 4.78 is 26.3. The summed E-state index contributed by atoms with van der Waals surface area (Å²) in [5.74, 6) is -0.435. The number of sulfonamides is 1. The van der Waals surface area contributed by atoms with Gasteiger partial charge < -0.3 is 5.32 Å². The fourth-order valence-corrected chi connectivity index (χ4v) is 2.63. The van der Waals surface area contributed by atoms with E-state index in [1.165, 1.54) is 18.2 Å². The Labute approximate surface area is 118 Å². The molecule has 108 valence electrons. The lowest BCUT2D eigenvalue weighted by Crippen LogP contribution is -2.45. The van der Waals surface area contributed by atoms with Gasteiger partial charge in [-0.25, -0.2) is 13.1 Å². The largest absolute Gasteiger partial charge is 0.350 e. The topological polar surface area (TPSA) is 99.1 Å². The molecule has 0 fully saturated rings. The first-order valence-corrected chi connectivity index (χ1v) is 7.44. The first-order valence-electron chi connectivity index (χ1n) is 5.95. The van der Waals surface area contributed by atoms with Crippen LogP contribution >= 0.6 is 0 Å². The minimum absolute atomic E-state index is 0.0382. The zero-order valence-corrected chi connectivity index (χ0v) is 12.4. The molecule has 1 rings (SSSR count). The van der Waals surface area contributed by atoms with Gasteiger partial charge in [0.05, 0.1) is 17.0 Å². The van der Waals surface area contributed by atoms with Gasteiger partial charge in [-0.3, -0.25) is 4.79 Å². The third-order valence-electron chi connectivity index (χ3n) is 2.23. The predicted octanol–water partition coefficient (Wildman–Crippen LogP) is 0.751. The molecule has 0 aromatic heterocycles. The zero-order valence-electron chi connectivity index (χ0n) is 11.6. The molecule has 0 heterocycles. The van der Waals surface area contributed by atoms with Crippen LogP contribution in [0.4, 0.5) is 0 Å². The van der Waals surface area contributed by atoms with Gasteiger partial charge in [-0.15, -0.1) is 0 Å². The number of rotatable bonds is 4. The number of nitriles is 1. The highest BCUT2D eigenvalue weighted by molar-refractivity contribution is 7.89. The monoisotopic (exact) mass is 295 g/mol. The molecule has 2 N–H and O–H groups in total. The Kier molecular flexibility index (Phi) is 4.87. The zero-order chi connectivity index (χ0) is 15.4. The molecule has 1 aromatic rings. The average Bonchev–Trinajstić information content (AvgIpc) is 2.34. The van der Waals surface area contributed by atoms with Gasteiger partial charge in [0, 0.05) is 5.54 Å². The highest BCUT2D eigenvalue weighted by Crippen LogP contribution is 2.13. The third-order valence-corrected chi connectivity index (χ3v) is 3.69. The van der Waals surface area contributed by atoms with Crippen LogP contribution in [-0.2, 0) is 14.8 Å². The van der Waals surface area contributed by atoms with Gasteiger partial charge in [0.25, 0.3) is 0 Å². The van der Waals surface area contributed by atoms with Gasteiger partial charge in [-0.05, 0) is 32.9 Å². The van der Waals surface area contributed by atoms with Crippen molar-refractivity contribution in [1.82, 2.24) is 10.0 Å². The van der Waals surface area contributed by atoms with E-state index < -0.39 is 21.5 Å². The van der Waals surface area contributed by atoms with E-state index in [1.54, 1.807) is 26.8 Å². The number of amides is 1. The number of hydrogen-bond acceptors (Lipinski definition) is 4. The van der Waals surface area contributed by atoms with Crippen molar-refractivity contribution in [2.24, 2.45) is 0 Å². The van der Waals surface area contributed by atoms with Crippen molar-refractivity contribution in [3.63, 3.8) is 0 Å². The van der Waals surface area contributed by atoms with Gasteiger partial charge in [0.1, 0.15) is 6.07 Å². The smallest absolute Gasteiger partial charge is 0.242 e. The Morgan fingerprint density at radius 3 is 2.45 bits per heavy atom. The van der Waals surface area contributed by atoms with E-state index in [9.17, 15) is 13.2 Å². The normalized spacial score (nSPS) is 11.7. The molecular formula is C13H17N3O3S. The maximum absolute atomic E-state index is 12.0. The summed E-state index contributed by atoms with van der Waals surface area (Å²) in [6.45, 7) is 5.01. The molecule has 0 aliphatic heterocycles. The van der Waals surface area contributed by atoms with E-state index in [0.29, 0.717) is 0 Å². The number of carbonyl (C=O) groups is 1. The Morgan fingerprint density at radius 1 is 1.30 bits per heavy atom. The van der Waals surface area contributed by atoms with Crippen molar-refractivity contribution in [2.75, 3.05) is 6.54 Å². The molecule has 0 radical (unpaired) electrons. The van der Waals surface area contributed by atoms with Gasteiger partial charge in [-0.1, -0.05) is 12.1 Å². The molecule has 0 saturated heterocycles. The molecule has 0 bridgehead atoms. The Hall–Kier alpha value is -1.91. The fourth-order valence-electron chi connectivity index (χ4n) is 1.49. The number of nitrogens with one attached hydrogen (secondary N) is 2. The van der Waals surface area contributed by atoms with E-state index >= 15 is 0 Å². The molecule has 20 heavy (non-hydrogen) atoms. The highest BCUT2D eigenvalue weighted by Gasteiger charge is 2.20. The Balaban J connectivity index is 2.82.